The van der Waals surface area contributed by atoms with E-state index in [-0.39, 0.29) is 23.9 Å². The van der Waals surface area contributed by atoms with Gasteiger partial charge in [-0.15, -0.1) is 0 Å². The number of carboxylic acid groups (broad SMARTS) is 1. The van der Waals surface area contributed by atoms with E-state index >= 15 is 0 Å². The van der Waals surface area contributed by atoms with Gasteiger partial charge in [0.1, 0.15) is 5.82 Å². The number of fused-ring (bicyclic) bond motifs is 1. The quantitative estimate of drug-likeness (QED) is 0.756. The van der Waals surface area contributed by atoms with Gasteiger partial charge in [0.15, 0.2) is 17.6 Å². The molecule has 1 aromatic rings. The molecule has 0 bridgehead atoms. The van der Waals surface area contributed by atoms with Crippen molar-refractivity contribution in [2.24, 2.45) is 0 Å². The van der Waals surface area contributed by atoms with Crippen molar-refractivity contribution in [3.05, 3.63) is 23.5 Å². The van der Waals surface area contributed by atoms with Crippen LogP contribution in [0.4, 0.5) is 4.39 Å². The number of hydrogen-bond donors (Lipinski definition) is 2. The molecule has 0 amide bonds. The van der Waals surface area contributed by atoms with E-state index in [0.717, 1.165) is 12.1 Å². The fourth-order valence-electron chi connectivity index (χ4n) is 1.28. The minimum Gasteiger partial charge on any atom is -0.479 e. The van der Waals surface area contributed by atoms with Gasteiger partial charge in [-0.05, 0) is 6.07 Å². The lowest BCUT2D eigenvalue weighted by Crippen LogP contribution is -2.12. The van der Waals surface area contributed by atoms with Gasteiger partial charge in [0.25, 0.3) is 0 Å². The van der Waals surface area contributed by atoms with Gasteiger partial charge in [-0.3, -0.25) is 0 Å². The maximum atomic E-state index is 13.3. The van der Waals surface area contributed by atoms with E-state index in [0.29, 0.717) is 0 Å². The largest absolute Gasteiger partial charge is 0.479 e. The minimum absolute atomic E-state index is 0.0403. The number of ether oxygens (including phenoxy) is 2. The number of halogens is 1. The Bertz CT molecular complexity index is 417. The van der Waals surface area contributed by atoms with E-state index < -0.39 is 17.9 Å². The van der Waals surface area contributed by atoms with Crippen LogP contribution in [0.5, 0.6) is 11.5 Å². The average molecular weight is 214 g/mol. The molecule has 1 heterocycles. The Labute approximate surface area is 83.7 Å². The molecule has 80 valence electrons. The summed E-state index contributed by atoms with van der Waals surface area (Å²) in [6.45, 7) is -0.0403. The van der Waals surface area contributed by atoms with Crippen LogP contribution in [0.2, 0.25) is 0 Å². The molecule has 1 aliphatic heterocycles. The number of carboxylic acids is 1. The molecule has 0 saturated carbocycles. The zero-order chi connectivity index (χ0) is 11.0. The lowest BCUT2D eigenvalue weighted by molar-refractivity contribution is -0.147. The van der Waals surface area contributed by atoms with Crippen LogP contribution in [0.1, 0.15) is 11.7 Å². The summed E-state index contributed by atoms with van der Waals surface area (Å²) in [4.78, 5) is 10.5. The van der Waals surface area contributed by atoms with Crippen molar-refractivity contribution in [3.8, 4) is 11.5 Å². The SMILES string of the molecule is O=C(O)C(O)c1cc2c(cc1F)OCO2. The third-order valence-electron chi connectivity index (χ3n) is 2.02. The van der Waals surface area contributed by atoms with Crippen LogP contribution < -0.4 is 9.47 Å². The van der Waals surface area contributed by atoms with Crippen LogP contribution in [0.3, 0.4) is 0 Å². The summed E-state index contributed by atoms with van der Waals surface area (Å²) < 4.78 is 23.1. The second kappa shape index (κ2) is 3.39. The van der Waals surface area contributed by atoms with Crippen molar-refractivity contribution in [1.29, 1.82) is 0 Å². The Hall–Kier alpha value is -1.82. The van der Waals surface area contributed by atoms with Crippen molar-refractivity contribution in [2.45, 2.75) is 6.10 Å². The molecule has 1 atom stereocenters. The maximum absolute atomic E-state index is 13.3. The van der Waals surface area contributed by atoms with Gasteiger partial charge in [-0.2, -0.15) is 0 Å². The first kappa shape index (κ1) is 9.72. The first-order valence-corrected chi connectivity index (χ1v) is 4.09. The van der Waals surface area contributed by atoms with Crippen molar-refractivity contribution >= 4 is 5.97 Å². The predicted octanol–water partition coefficient (Wildman–Crippen LogP) is 0.672. The molecule has 0 saturated heterocycles. The van der Waals surface area contributed by atoms with Crippen molar-refractivity contribution in [3.63, 3.8) is 0 Å². The molecule has 0 aromatic heterocycles. The number of rotatable bonds is 2. The molecule has 1 aliphatic rings. The topological polar surface area (TPSA) is 76.0 Å². The van der Waals surface area contributed by atoms with Gasteiger partial charge in [0.05, 0.1) is 0 Å². The van der Waals surface area contributed by atoms with Crippen LogP contribution in [-0.4, -0.2) is 23.0 Å². The maximum Gasteiger partial charge on any atom is 0.337 e. The Morgan fingerprint density at radius 2 is 2.00 bits per heavy atom. The summed E-state index contributed by atoms with van der Waals surface area (Å²) in [5.41, 5.74) is -0.341. The molecule has 0 radical (unpaired) electrons. The van der Waals surface area contributed by atoms with E-state index in [1.807, 2.05) is 0 Å². The highest BCUT2D eigenvalue weighted by molar-refractivity contribution is 5.74. The fraction of sp³-hybridized carbons (Fsp3) is 0.222. The van der Waals surface area contributed by atoms with Crippen LogP contribution in [0.25, 0.3) is 0 Å². The first-order valence-electron chi connectivity index (χ1n) is 4.09. The van der Waals surface area contributed by atoms with Crippen LogP contribution in [-0.2, 0) is 4.79 Å². The lowest BCUT2D eigenvalue weighted by Gasteiger charge is -2.07. The second-order valence-electron chi connectivity index (χ2n) is 2.97. The van der Waals surface area contributed by atoms with Crippen LogP contribution in [0.15, 0.2) is 12.1 Å². The molecule has 1 unspecified atom stereocenters. The highest BCUT2D eigenvalue weighted by atomic mass is 19.1. The monoisotopic (exact) mass is 214 g/mol. The molecule has 0 spiro atoms. The Balaban J connectivity index is 2.44. The molecule has 0 fully saturated rings. The molecule has 6 heteroatoms. The third kappa shape index (κ3) is 1.59. The van der Waals surface area contributed by atoms with Crippen molar-refractivity contribution in [1.82, 2.24) is 0 Å². The van der Waals surface area contributed by atoms with Crippen molar-refractivity contribution < 1.29 is 28.9 Å². The normalized spacial score (nSPS) is 15.1. The summed E-state index contributed by atoms with van der Waals surface area (Å²) >= 11 is 0. The van der Waals surface area contributed by atoms with E-state index in [1.54, 1.807) is 0 Å². The molecular weight excluding hydrogens is 207 g/mol. The number of benzene rings is 1. The van der Waals surface area contributed by atoms with Crippen LogP contribution in [0, 0.1) is 5.82 Å². The van der Waals surface area contributed by atoms with Gasteiger partial charge >= 0.3 is 5.97 Å². The predicted molar refractivity (Wildman–Crippen MR) is 45.1 cm³/mol. The molecule has 15 heavy (non-hydrogen) atoms. The number of aliphatic hydroxyl groups excluding tert-OH is 1. The highest BCUT2D eigenvalue weighted by Crippen LogP contribution is 2.36. The Morgan fingerprint density at radius 1 is 1.40 bits per heavy atom. The molecular formula is C9H7FO5. The number of aliphatic hydroxyl groups is 1. The highest BCUT2D eigenvalue weighted by Gasteiger charge is 2.24. The van der Waals surface area contributed by atoms with Gasteiger partial charge < -0.3 is 19.7 Å². The zero-order valence-corrected chi connectivity index (χ0v) is 7.44. The first-order chi connectivity index (χ1) is 7.09. The number of carbonyl (C=O) groups is 1. The van der Waals surface area contributed by atoms with E-state index in [4.69, 9.17) is 14.6 Å². The zero-order valence-electron chi connectivity index (χ0n) is 7.44. The molecule has 0 aliphatic carbocycles. The fourth-order valence-corrected chi connectivity index (χ4v) is 1.28. The third-order valence-corrected chi connectivity index (χ3v) is 2.02. The smallest absolute Gasteiger partial charge is 0.337 e. The Morgan fingerprint density at radius 3 is 2.60 bits per heavy atom. The van der Waals surface area contributed by atoms with Gasteiger partial charge in [0.2, 0.25) is 6.79 Å². The van der Waals surface area contributed by atoms with Gasteiger partial charge in [-0.25, -0.2) is 9.18 Å². The standard InChI is InChI=1S/C9H7FO5/c10-5-2-7-6(14-3-15-7)1-4(5)8(11)9(12)13/h1-2,8,11H,3H2,(H,12,13). The van der Waals surface area contributed by atoms with E-state index in [2.05, 4.69) is 0 Å². The van der Waals surface area contributed by atoms with Gasteiger partial charge in [0, 0.05) is 11.6 Å². The second-order valence-corrected chi connectivity index (χ2v) is 2.97. The molecule has 2 rings (SSSR count). The average Bonchev–Trinajstić information content (AvgIpc) is 2.62. The van der Waals surface area contributed by atoms with E-state index in [1.165, 1.54) is 0 Å². The summed E-state index contributed by atoms with van der Waals surface area (Å²) in [6, 6.07) is 2.11. The molecule has 5 nitrogen and oxygen atoms in total. The number of aliphatic carboxylic acids is 1. The lowest BCUT2D eigenvalue weighted by atomic mass is 10.1. The summed E-state index contributed by atoms with van der Waals surface area (Å²) in [5, 5.41) is 17.7. The summed E-state index contributed by atoms with van der Waals surface area (Å²) in [7, 11) is 0. The molecule has 1 aromatic carbocycles. The summed E-state index contributed by atoms with van der Waals surface area (Å²) in [5.74, 6) is -1.93. The Kier molecular flexibility index (Phi) is 2.20. The summed E-state index contributed by atoms with van der Waals surface area (Å²) in [6.07, 6.45) is -1.90. The van der Waals surface area contributed by atoms with Gasteiger partial charge in [-0.1, -0.05) is 0 Å². The molecule has 2 N–H and O–H groups in total. The number of hydrogen-bond acceptors (Lipinski definition) is 4. The van der Waals surface area contributed by atoms with Crippen molar-refractivity contribution in [2.75, 3.05) is 6.79 Å². The van der Waals surface area contributed by atoms with Crippen LogP contribution >= 0.6 is 0 Å². The van der Waals surface area contributed by atoms with E-state index in [9.17, 15) is 14.3 Å². The minimum atomic E-state index is -1.90.